The molecule has 150 valence electrons. The maximum atomic E-state index is 12.2. The average molecular weight is 388 g/mol. The van der Waals surface area contributed by atoms with E-state index in [1.165, 1.54) is 11.9 Å². The number of imide groups is 1. The fraction of sp³-hybridized carbons (Fsp3) is 0.474. The lowest BCUT2D eigenvalue weighted by atomic mass is 10.2. The van der Waals surface area contributed by atoms with Gasteiger partial charge in [0.2, 0.25) is 23.6 Å². The molecule has 2 heterocycles. The van der Waals surface area contributed by atoms with Gasteiger partial charge in [0.15, 0.2) is 0 Å². The van der Waals surface area contributed by atoms with Crippen LogP contribution in [0.1, 0.15) is 12.8 Å². The van der Waals surface area contributed by atoms with Crippen molar-refractivity contribution in [2.75, 3.05) is 56.7 Å². The summed E-state index contributed by atoms with van der Waals surface area (Å²) < 4.78 is 5.34. The lowest BCUT2D eigenvalue weighted by Crippen LogP contribution is -2.43. The number of likely N-dealkylation sites (tertiary alicyclic amines) is 1. The predicted molar refractivity (Wildman–Crippen MR) is 102 cm³/mol. The fourth-order valence-corrected chi connectivity index (χ4v) is 3.14. The summed E-state index contributed by atoms with van der Waals surface area (Å²) in [6.45, 7) is 2.58. The van der Waals surface area contributed by atoms with Gasteiger partial charge in [0.05, 0.1) is 19.8 Å². The highest BCUT2D eigenvalue weighted by Crippen LogP contribution is 2.19. The van der Waals surface area contributed by atoms with E-state index in [0.29, 0.717) is 18.9 Å². The number of carbonyl (C=O) groups is 4. The minimum atomic E-state index is -0.457. The third kappa shape index (κ3) is 4.86. The molecule has 0 saturated carbocycles. The van der Waals surface area contributed by atoms with Crippen molar-refractivity contribution in [2.24, 2.45) is 0 Å². The number of amides is 4. The van der Waals surface area contributed by atoms with Crippen LogP contribution in [0.4, 0.5) is 11.4 Å². The minimum Gasteiger partial charge on any atom is -0.378 e. The van der Waals surface area contributed by atoms with Crippen molar-refractivity contribution in [1.29, 1.82) is 0 Å². The topological polar surface area (TPSA) is 99.3 Å². The van der Waals surface area contributed by atoms with E-state index in [1.807, 2.05) is 24.3 Å². The second-order valence-corrected chi connectivity index (χ2v) is 6.82. The standard InChI is InChI=1S/C19H24N4O5/c1-21(19(27)13-23-17(25)6-7-18(23)26)12-16(24)20-14-2-4-15(5-3-14)22-8-10-28-11-9-22/h2-5H,6-13H2,1H3,(H,20,24). The van der Waals surface area contributed by atoms with Gasteiger partial charge in [0.1, 0.15) is 6.54 Å². The van der Waals surface area contributed by atoms with Crippen molar-refractivity contribution < 1.29 is 23.9 Å². The number of hydrogen-bond acceptors (Lipinski definition) is 6. The number of anilines is 2. The number of nitrogens with one attached hydrogen (secondary N) is 1. The van der Waals surface area contributed by atoms with Crippen LogP contribution in [0.25, 0.3) is 0 Å². The zero-order chi connectivity index (χ0) is 20.1. The van der Waals surface area contributed by atoms with Gasteiger partial charge in [-0.25, -0.2) is 0 Å². The van der Waals surface area contributed by atoms with Crippen molar-refractivity contribution in [3.05, 3.63) is 24.3 Å². The van der Waals surface area contributed by atoms with Gasteiger partial charge >= 0.3 is 0 Å². The van der Waals surface area contributed by atoms with Crippen molar-refractivity contribution >= 4 is 35.0 Å². The van der Waals surface area contributed by atoms with E-state index >= 15 is 0 Å². The van der Waals surface area contributed by atoms with Crippen LogP contribution in [0.15, 0.2) is 24.3 Å². The SMILES string of the molecule is CN(CC(=O)Nc1ccc(N2CCOCC2)cc1)C(=O)CN1C(=O)CCC1=O. The molecule has 28 heavy (non-hydrogen) atoms. The van der Waals surface area contributed by atoms with E-state index in [-0.39, 0.29) is 43.7 Å². The molecule has 0 aliphatic carbocycles. The number of ether oxygens (including phenoxy) is 1. The van der Waals surface area contributed by atoms with Crippen LogP contribution in [-0.2, 0) is 23.9 Å². The zero-order valence-electron chi connectivity index (χ0n) is 15.8. The Morgan fingerprint density at radius 1 is 1.07 bits per heavy atom. The largest absolute Gasteiger partial charge is 0.378 e. The molecule has 2 saturated heterocycles. The van der Waals surface area contributed by atoms with Crippen LogP contribution in [0.3, 0.4) is 0 Å². The third-order valence-corrected chi connectivity index (χ3v) is 4.78. The quantitative estimate of drug-likeness (QED) is 0.693. The van der Waals surface area contributed by atoms with Crippen LogP contribution in [0.5, 0.6) is 0 Å². The first kappa shape index (κ1) is 19.8. The summed E-state index contributed by atoms with van der Waals surface area (Å²) in [4.78, 5) is 51.9. The first-order valence-electron chi connectivity index (χ1n) is 9.24. The van der Waals surface area contributed by atoms with E-state index < -0.39 is 5.91 Å². The Morgan fingerprint density at radius 3 is 2.29 bits per heavy atom. The third-order valence-electron chi connectivity index (χ3n) is 4.78. The second-order valence-electron chi connectivity index (χ2n) is 6.82. The summed E-state index contributed by atoms with van der Waals surface area (Å²) in [6.07, 6.45) is 0.271. The monoisotopic (exact) mass is 388 g/mol. The molecule has 4 amide bonds. The number of likely N-dealkylation sites (N-methyl/N-ethyl adjacent to an activating group) is 1. The summed E-state index contributed by atoms with van der Waals surface area (Å²) in [5.74, 6) is -1.51. The molecule has 0 radical (unpaired) electrons. The predicted octanol–water partition coefficient (Wildman–Crippen LogP) is 0.0691. The summed E-state index contributed by atoms with van der Waals surface area (Å²) in [6, 6.07) is 7.49. The van der Waals surface area contributed by atoms with E-state index in [2.05, 4.69) is 10.2 Å². The van der Waals surface area contributed by atoms with Crippen molar-refractivity contribution in [1.82, 2.24) is 9.80 Å². The molecule has 9 heteroatoms. The Balaban J connectivity index is 1.48. The lowest BCUT2D eigenvalue weighted by molar-refractivity contribution is -0.145. The second kappa shape index (κ2) is 8.83. The van der Waals surface area contributed by atoms with Gasteiger partial charge in [-0.2, -0.15) is 0 Å². The Kier molecular flexibility index (Phi) is 6.25. The van der Waals surface area contributed by atoms with E-state index in [0.717, 1.165) is 23.7 Å². The first-order valence-corrected chi connectivity index (χ1v) is 9.24. The molecule has 2 aliphatic heterocycles. The minimum absolute atomic E-state index is 0.136. The van der Waals surface area contributed by atoms with Crippen molar-refractivity contribution in [2.45, 2.75) is 12.8 Å². The number of benzene rings is 1. The number of hydrogen-bond donors (Lipinski definition) is 1. The molecule has 0 spiro atoms. The molecular formula is C19H24N4O5. The van der Waals surface area contributed by atoms with Gasteiger partial charge in [-0.1, -0.05) is 0 Å². The maximum absolute atomic E-state index is 12.2. The van der Waals surface area contributed by atoms with Gasteiger partial charge in [0.25, 0.3) is 0 Å². The van der Waals surface area contributed by atoms with Crippen LogP contribution in [0, 0.1) is 0 Å². The lowest BCUT2D eigenvalue weighted by Gasteiger charge is -2.28. The first-order chi connectivity index (χ1) is 13.4. The summed E-state index contributed by atoms with van der Waals surface area (Å²) in [7, 11) is 1.47. The highest BCUT2D eigenvalue weighted by atomic mass is 16.5. The normalized spacial score (nSPS) is 17.0. The van der Waals surface area contributed by atoms with Gasteiger partial charge in [0, 0.05) is 44.4 Å². The zero-order valence-corrected chi connectivity index (χ0v) is 15.8. The molecule has 2 fully saturated rings. The van der Waals surface area contributed by atoms with Crippen molar-refractivity contribution in [3.63, 3.8) is 0 Å². The van der Waals surface area contributed by atoms with Gasteiger partial charge in [-0.3, -0.25) is 24.1 Å². The highest BCUT2D eigenvalue weighted by molar-refractivity contribution is 6.04. The van der Waals surface area contributed by atoms with Crippen LogP contribution < -0.4 is 10.2 Å². The van der Waals surface area contributed by atoms with Gasteiger partial charge in [-0.15, -0.1) is 0 Å². The number of nitrogens with zero attached hydrogens (tertiary/aromatic N) is 3. The highest BCUT2D eigenvalue weighted by Gasteiger charge is 2.31. The Bertz CT molecular complexity index is 742. The van der Waals surface area contributed by atoms with E-state index in [9.17, 15) is 19.2 Å². The van der Waals surface area contributed by atoms with Gasteiger partial charge in [-0.05, 0) is 24.3 Å². The molecule has 3 rings (SSSR count). The van der Waals surface area contributed by atoms with E-state index in [4.69, 9.17) is 4.74 Å². The van der Waals surface area contributed by atoms with Crippen molar-refractivity contribution in [3.8, 4) is 0 Å². The Labute approximate surface area is 163 Å². The summed E-state index contributed by atoms with van der Waals surface area (Å²) in [5, 5.41) is 2.75. The molecule has 0 atom stereocenters. The Morgan fingerprint density at radius 2 is 1.68 bits per heavy atom. The Hall–Kier alpha value is -2.94. The molecule has 1 aromatic carbocycles. The summed E-state index contributed by atoms with van der Waals surface area (Å²) >= 11 is 0. The fourth-order valence-electron chi connectivity index (χ4n) is 3.14. The molecule has 9 nitrogen and oxygen atoms in total. The number of carbonyl (C=O) groups excluding carboxylic acids is 4. The van der Waals surface area contributed by atoms with Crippen LogP contribution >= 0.6 is 0 Å². The molecule has 0 unspecified atom stereocenters. The molecule has 2 aliphatic rings. The van der Waals surface area contributed by atoms with E-state index in [1.54, 1.807) is 0 Å². The molecule has 0 bridgehead atoms. The van der Waals surface area contributed by atoms with Crippen LogP contribution in [-0.4, -0.2) is 79.9 Å². The molecule has 0 aromatic heterocycles. The smallest absolute Gasteiger partial charge is 0.243 e. The average Bonchev–Trinajstić information content (AvgIpc) is 3.01. The molecular weight excluding hydrogens is 364 g/mol. The van der Waals surface area contributed by atoms with Gasteiger partial charge < -0.3 is 19.9 Å². The molecule has 1 aromatic rings. The maximum Gasteiger partial charge on any atom is 0.243 e. The van der Waals surface area contributed by atoms with Crippen LogP contribution in [0.2, 0.25) is 0 Å². The summed E-state index contributed by atoms with van der Waals surface area (Å²) in [5.41, 5.74) is 1.70. The number of morpholine rings is 1. The number of rotatable bonds is 6. The molecule has 1 N–H and O–H groups in total.